The molecule has 1 rings (SSSR count). The van der Waals surface area contributed by atoms with Crippen LogP contribution in [-0.4, -0.2) is 23.3 Å². The van der Waals surface area contributed by atoms with Gasteiger partial charge in [0.25, 0.3) is 0 Å². The Morgan fingerprint density at radius 3 is 2.67 bits per heavy atom. The van der Waals surface area contributed by atoms with Gasteiger partial charge in [-0.1, -0.05) is 0 Å². The fourth-order valence-corrected chi connectivity index (χ4v) is 0.950. The van der Waals surface area contributed by atoms with Gasteiger partial charge in [-0.2, -0.15) is 0 Å². The summed E-state index contributed by atoms with van der Waals surface area (Å²) < 4.78 is 0. The Balaban J connectivity index is 2.61. The van der Waals surface area contributed by atoms with E-state index in [0.29, 0.717) is 13.0 Å². The van der Waals surface area contributed by atoms with Gasteiger partial charge in [0.05, 0.1) is 0 Å². The van der Waals surface area contributed by atoms with Crippen molar-refractivity contribution in [3.05, 3.63) is 0 Å². The van der Waals surface area contributed by atoms with Crippen molar-refractivity contribution < 1.29 is 9.90 Å². The molecule has 1 atom stereocenters. The van der Waals surface area contributed by atoms with Gasteiger partial charge in [-0.25, -0.2) is 4.79 Å². The predicted octanol–water partition coefficient (Wildman–Crippen LogP) is -0.891. The van der Waals surface area contributed by atoms with Crippen molar-refractivity contribution in [2.75, 3.05) is 6.54 Å². The average molecular weight is 130 g/mol. The van der Waals surface area contributed by atoms with Gasteiger partial charge in [0, 0.05) is 0 Å². The third-order valence-electron chi connectivity index (χ3n) is 1.57. The van der Waals surface area contributed by atoms with E-state index in [0.717, 1.165) is 6.42 Å². The second-order valence-corrected chi connectivity index (χ2v) is 2.31. The second-order valence-electron chi connectivity index (χ2n) is 2.31. The van der Waals surface area contributed by atoms with Crippen LogP contribution >= 0.6 is 0 Å². The molecule has 0 aromatic rings. The van der Waals surface area contributed by atoms with E-state index in [1.807, 2.05) is 0 Å². The van der Waals surface area contributed by atoms with Gasteiger partial charge in [0.15, 0.2) is 5.66 Å². The number of hydrogen-bond acceptors (Lipinski definition) is 3. The zero-order chi connectivity index (χ0) is 6.91. The highest BCUT2D eigenvalue weighted by atomic mass is 16.4. The first-order valence-electron chi connectivity index (χ1n) is 2.92. The highest BCUT2D eigenvalue weighted by molar-refractivity contribution is 5.78. The number of carboxylic acids is 1. The Hall–Kier alpha value is -0.610. The standard InChI is InChI=1S/C5H10N2O2/c6-5(4(8)9)2-1-3-7-5/h7H,1-3,6H2,(H,8,9)/t5-/m1/s1. The average Bonchev–Trinajstić information content (AvgIpc) is 2.16. The van der Waals surface area contributed by atoms with E-state index < -0.39 is 11.6 Å². The zero-order valence-corrected chi connectivity index (χ0v) is 5.05. The van der Waals surface area contributed by atoms with Crippen LogP contribution in [0.4, 0.5) is 0 Å². The lowest BCUT2D eigenvalue weighted by molar-refractivity contribution is -0.144. The lowest BCUT2D eigenvalue weighted by Crippen LogP contribution is -2.55. The van der Waals surface area contributed by atoms with E-state index >= 15 is 0 Å². The molecule has 0 aromatic heterocycles. The van der Waals surface area contributed by atoms with Crippen molar-refractivity contribution in [3.63, 3.8) is 0 Å². The summed E-state index contributed by atoms with van der Waals surface area (Å²) in [6.45, 7) is 0.711. The van der Waals surface area contributed by atoms with E-state index in [9.17, 15) is 4.79 Å². The Morgan fingerprint density at radius 2 is 2.44 bits per heavy atom. The second kappa shape index (κ2) is 1.97. The summed E-state index contributed by atoms with van der Waals surface area (Å²) in [5.41, 5.74) is 4.25. The molecular weight excluding hydrogens is 120 g/mol. The quantitative estimate of drug-likeness (QED) is 0.430. The van der Waals surface area contributed by atoms with Crippen molar-refractivity contribution >= 4 is 5.97 Å². The molecule has 1 aliphatic heterocycles. The smallest absolute Gasteiger partial charge is 0.338 e. The number of aliphatic carboxylic acids is 1. The molecule has 1 aliphatic rings. The molecule has 4 nitrogen and oxygen atoms in total. The molecule has 0 aromatic carbocycles. The Kier molecular flexibility index (Phi) is 1.42. The molecule has 0 amide bonds. The van der Waals surface area contributed by atoms with Gasteiger partial charge in [-0.3, -0.25) is 5.32 Å². The van der Waals surface area contributed by atoms with Crippen LogP contribution in [-0.2, 0) is 4.79 Å². The molecule has 0 aliphatic carbocycles. The first-order valence-corrected chi connectivity index (χ1v) is 2.92. The van der Waals surface area contributed by atoms with Gasteiger partial charge >= 0.3 is 5.97 Å². The van der Waals surface area contributed by atoms with E-state index in [1.54, 1.807) is 0 Å². The van der Waals surface area contributed by atoms with Gasteiger partial charge in [-0.05, 0) is 19.4 Å². The zero-order valence-electron chi connectivity index (χ0n) is 5.05. The lowest BCUT2D eigenvalue weighted by Gasteiger charge is -2.16. The SMILES string of the molecule is N[C@]1(C(=O)O)CCCN1. The molecule has 0 saturated carbocycles. The number of nitrogens with one attached hydrogen (secondary N) is 1. The third-order valence-corrected chi connectivity index (χ3v) is 1.57. The number of carboxylic acid groups (broad SMARTS) is 1. The molecule has 52 valence electrons. The molecule has 4 heteroatoms. The van der Waals surface area contributed by atoms with Crippen molar-refractivity contribution in [1.82, 2.24) is 5.32 Å². The van der Waals surface area contributed by atoms with Crippen LogP contribution in [0.3, 0.4) is 0 Å². The molecule has 0 bridgehead atoms. The highest BCUT2D eigenvalue weighted by Crippen LogP contribution is 2.12. The minimum Gasteiger partial charge on any atom is -0.479 e. The topological polar surface area (TPSA) is 75.4 Å². The molecule has 1 saturated heterocycles. The van der Waals surface area contributed by atoms with Crippen molar-refractivity contribution in [2.45, 2.75) is 18.5 Å². The first-order chi connectivity index (χ1) is 4.15. The Bertz CT molecular complexity index is 129. The lowest BCUT2D eigenvalue weighted by atomic mass is 10.1. The summed E-state index contributed by atoms with van der Waals surface area (Å²) in [6.07, 6.45) is 1.38. The minimum absolute atomic E-state index is 0.530. The number of hydrogen-bond donors (Lipinski definition) is 3. The normalized spacial score (nSPS) is 34.8. The van der Waals surface area contributed by atoms with Crippen LogP contribution in [0, 0.1) is 0 Å². The number of rotatable bonds is 1. The van der Waals surface area contributed by atoms with E-state index in [1.165, 1.54) is 0 Å². The van der Waals surface area contributed by atoms with Gasteiger partial charge in [0.2, 0.25) is 0 Å². The monoisotopic (exact) mass is 130 g/mol. The summed E-state index contributed by atoms with van der Waals surface area (Å²) in [5, 5.41) is 11.2. The summed E-state index contributed by atoms with van der Waals surface area (Å²) in [5.74, 6) is -0.958. The predicted molar refractivity (Wildman–Crippen MR) is 31.8 cm³/mol. The fourth-order valence-electron chi connectivity index (χ4n) is 0.950. The summed E-state index contributed by atoms with van der Waals surface area (Å²) in [6, 6.07) is 0. The maximum Gasteiger partial charge on any atom is 0.338 e. The van der Waals surface area contributed by atoms with Gasteiger partial charge in [-0.15, -0.1) is 0 Å². The third kappa shape index (κ3) is 1.04. The highest BCUT2D eigenvalue weighted by Gasteiger charge is 2.36. The van der Waals surface area contributed by atoms with Crippen LogP contribution in [0.1, 0.15) is 12.8 Å². The van der Waals surface area contributed by atoms with Crippen molar-refractivity contribution in [3.8, 4) is 0 Å². The fraction of sp³-hybridized carbons (Fsp3) is 0.800. The van der Waals surface area contributed by atoms with E-state index in [-0.39, 0.29) is 0 Å². The molecule has 4 N–H and O–H groups in total. The van der Waals surface area contributed by atoms with E-state index in [2.05, 4.69) is 5.32 Å². The largest absolute Gasteiger partial charge is 0.479 e. The molecule has 0 unspecified atom stereocenters. The van der Waals surface area contributed by atoms with E-state index in [4.69, 9.17) is 10.8 Å². The van der Waals surface area contributed by atoms with Gasteiger partial charge < -0.3 is 10.8 Å². The maximum absolute atomic E-state index is 10.3. The van der Waals surface area contributed by atoms with Crippen LogP contribution in [0.25, 0.3) is 0 Å². The van der Waals surface area contributed by atoms with Crippen LogP contribution < -0.4 is 11.1 Å². The first kappa shape index (κ1) is 6.51. The van der Waals surface area contributed by atoms with Crippen LogP contribution in [0.15, 0.2) is 0 Å². The molecule has 1 heterocycles. The van der Waals surface area contributed by atoms with Crippen molar-refractivity contribution in [2.24, 2.45) is 5.73 Å². The number of carbonyl (C=O) groups is 1. The summed E-state index contributed by atoms with van der Waals surface area (Å²) >= 11 is 0. The molecule has 1 fully saturated rings. The summed E-state index contributed by atoms with van der Waals surface area (Å²) in [7, 11) is 0. The molecular formula is C5H10N2O2. The van der Waals surface area contributed by atoms with Crippen LogP contribution in [0.5, 0.6) is 0 Å². The maximum atomic E-state index is 10.3. The Labute approximate surface area is 53.0 Å². The Morgan fingerprint density at radius 1 is 1.78 bits per heavy atom. The van der Waals surface area contributed by atoms with Gasteiger partial charge in [0.1, 0.15) is 0 Å². The molecule has 0 spiro atoms. The molecule has 9 heavy (non-hydrogen) atoms. The minimum atomic E-state index is -1.14. The van der Waals surface area contributed by atoms with Crippen molar-refractivity contribution in [1.29, 1.82) is 0 Å². The molecule has 0 radical (unpaired) electrons. The van der Waals surface area contributed by atoms with Crippen LogP contribution in [0.2, 0.25) is 0 Å². The summed E-state index contributed by atoms with van der Waals surface area (Å²) in [4.78, 5) is 10.3. The number of nitrogens with two attached hydrogens (primary N) is 1.